The average Bonchev–Trinajstić information content (AvgIpc) is 3.38. The first-order chi connectivity index (χ1) is 20.2. The van der Waals surface area contributed by atoms with Crippen LogP contribution < -0.4 is 0 Å². The van der Waals surface area contributed by atoms with Crippen LogP contribution in [0.4, 0.5) is 31.1 Å². The van der Waals surface area contributed by atoms with E-state index in [1.54, 1.807) is 4.90 Å². The number of ether oxygens (including phenoxy) is 1. The van der Waals surface area contributed by atoms with E-state index < -0.39 is 46.6 Å². The molecule has 5 rings (SSSR count). The van der Waals surface area contributed by atoms with Crippen LogP contribution in [0.5, 0.6) is 0 Å². The van der Waals surface area contributed by atoms with Gasteiger partial charge in [-0.2, -0.15) is 26.3 Å². The summed E-state index contributed by atoms with van der Waals surface area (Å²) in [6, 6.07) is 10.3. The SMILES string of the molecule is O=C1OC2(CCN(C(=O)c3cc(C(F)(F)F)cc(C(F)(F)F)c3)CC2)[C@@H](c2ccccc2)CN1CCCN1CCC(O)C1. The quantitative estimate of drug-likeness (QED) is 0.443. The molecule has 2 amide bonds. The Morgan fingerprint density at radius 1 is 0.907 bits per heavy atom. The number of β-amino-alcohol motifs (C(OH)–C–C–N with tert-alkyl or cyclic N) is 1. The number of alkyl halides is 6. The van der Waals surface area contributed by atoms with Gasteiger partial charge in [-0.3, -0.25) is 4.79 Å². The molecule has 3 aliphatic heterocycles. The largest absolute Gasteiger partial charge is 0.442 e. The predicted octanol–water partition coefficient (Wildman–Crippen LogP) is 5.39. The number of carbonyl (C=O) groups is 2. The molecule has 1 unspecified atom stereocenters. The Hall–Kier alpha value is -3.32. The topological polar surface area (TPSA) is 73.3 Å². The lowest BCUT2D eigenvalue weighted by Crippen LogP contribution is -2.59. The molecule has 2 aromatic rings. The van der Waals surface area contributed by atoms with Crippen LogP contribution in [0.3, 0.4) is 0 Å². The van der Waals surface area contributed by atoms with E-state index in [0.717, 1.165) is 25.1 Å². The summed E-state index contributed by atoms with van der Waals surface area (Å²) < 4.78 is 86.3. The van der Waals surface area contributed by atoms with Crippen molar-refractivity contribution < 1.29 is 45.8 Å². The number of rotatable bonds is 6. The molecule has 0 saturated carbocycles. The molecule has 3 saturated heterocycles. The van der Waals surface area contributed by atoms with Gasteiger partial charge in [0.15, 0.2) is 0 Å². The van der Waals surface area contributed by atoms with Crippen molar-refractivity contribution in [3.63, 3.8) is 0 Å². The second-order valence-electron chi connectivity index (χ2n) is 11.5. The maximum absolute atomic E-state index is 13.4. The fourth-order valence-corrected chi connectivity index (χ4v) is 6.35. The van der Waals surface area contributed by atoms with E-state index in [-0.39, 0.29) is 44.0 Å². The molecule has 3 aliphatic rings. The zero-order chi connectivity index (χ0) is 31.0. The number of likely N-dealkylation sites (tertiary alicyclic amines) is 2. The third-order valence-electron chi connectivity index (χ3n) is 8.67. The lowest BCUT2D eigenvalue weighted by atomic mass is 9.74. The molecule has 1 N–H and O–H groups in total. The van der Waals surface area contributed by atoms with Crippen molar-refractivity contribution in [1.29, 1.82) is 0 Å². The summed E-state index contributed by atoms with van der Waals surface area (Å²) in [5.74, 6) is -1.21. The number of carbonyl (C=O) groups excluding carboxylic acids is 2. The van der Waals surface area contributed by atoms with Crippen molar-refractivity contribution >= 4 is 12.0 Å². The van der Waals surface area contributed by atoms with E-state index in [0.29, 0.717) is 38.2 Å². The fourth-order valence-electron chi connectivity index (χ4n) is 6.35. The summed E-state index contributed by atoms with van der Waals surface area (Å²) in [7, 11) is 0. The summed E-state index contributed by atoms with van der Waals surface area (Å²) >= 11 is 0. The van der Waals surface area contributed by atoms with Gasteiger partial charge < -0.3 is 24.5 Å². The minimum Gasteiger partial charge on any atom is -0.442 e. The van der Waals surface area contributed by atoms with Gasteiger partial charge in [-0.25, -0.2) is 4.79 Å². The van der Waals surface area contributed by atoms with Crippen LogP contribution in [-0.2, 0) is 17.1 Å². The van der Waals surface area contributed by atoms with Gasteiger partial charge >= 0.3 is 18.4 Å². The van der Waals surface area contributed by atoms with Crippen molar-refractivity contribution in [3.05, 3.63) is 70.8 Å². The lowest BCUT2D eigenvalue weighted by molar-refractivity contribution is -0.143. The highest BCUT2D eigenvalue weighted by atomic mass is 19.4. The van der Waals surface area contributed by atoms with Crippen LogP contribution in [0.2, 0.25) is 0 Å². The number of amides is 2. The number of aliphatic hydroxyl groups excluding tert-OH is 1. The van der Waals surface area contributed by atoms with Crippen molar-refractivity contribution in [3.8, 4) is 0 Å². The lowest BCUT2D eigenvalue weighted by Gasteiger charge is -2.50. The second kappa shape index (κ2) is 12.0. The zero-order valence-corrected chi connectivity index (χ0v) is 23.3. The predicted molar refractivity (Wildman–Crippen MR) is 143 cm³/mol. The van der Waals surface area contributed by atoms with Crippen molar-refractivity contribution in [2.24, 2.45) is 0 Å². The van der Waals surface area contributed by atoms with Crippen LogP contribution >= 0.6 is 0 Å². The molecule has 1 spiro atoms. The van der Waals surface area contributed by atoms with Gasteiger partial charge in [-0.1, -0.05) is 30.3 Å². The minimum absolute atomic E-state index is 0.00580. The molecule has 43 heavy (non-hydrogen) atoms. The molecule has 3 fully saturated rings. The van der Waals surface area contributed by atoms with Crippen LogP contribution in [0.1, 0.15) is 58.6 Å². The normalized spacial score (nSPS) is 23.1. The summed E-state index contributed by atoms with van der Waals surface area (Å²) in [5, 5.41) is 9.76. The standard InChI is InChI=1S/C30H33F6N3O4/c31-29(32,33)22-15-21(16-23(17-22)30(34,35)36)26(41)38-13-8-28(9-14-38)25(20-5-2-1-3-6-20)19-39(27(42)43-28)11-4-10-37-12-7-24(40)18-37/h1-3,5-6,15-17,24-25,40H,4,7-14,18-19H2/t24?,25-/m1/s1. The van der Waals surface area contributed by atoms with E-state index in [4.69, 9.17) is 4.74 Å². The van der Waals surface area contributed by atoms with Gasteiger partial charge in [-0.15, -0.1) is 0 Å². The van der Waals surface area contributed by atoms with Gasteiger partial charge in [0, 0.05) is 63.6 Å². The Balaban J connectivity index is 1.31. The smallest absolute Gasteiger partial charge is 0.416 e. The first-order valence-electron chi connectivity index (χ1n) is 14.3. The summed E-state index contributed by atoms with van der Waals surface area (Å²) in [6.45, 7) is 2.93. The fraction of sp³-hybridized carbons (Fsp3) is 0.533. The Morgan fingerprint density at radius 3 is 2.09 bits per heavy atom. The van der Waals surface area contributed by atoms with E-state index in [9.17, 15) is 41.0 Å². The van der Waals surface area contributed by atoms with Crippen LogP contribution in [0, 0.1) is 0 Å². The minimum atomic E-state index is -5.07. The molecule has 0 aromatic heterocycles. The van der Waals surface area contributed by atoms with Gasteiger partial charge in [-0.05, 0) is 43.1 Å². The molecule has 2 atom stereocenters. The summed E-state index contributed by atoms with van der Waals surface area (Å²) in [4.78, 5) is 31.4. The number of benzene rings is 2. The van der Waals surface area contributed by atoms with Crippen molar-refractivity contribution in [1.82, 2.24) is 14.7 Å². The molecule has 7 nitrogen and oxygen atoms in total. The molecule has 0 bridgehead atoms. The van der Waals surface area contributed by atoms with Crippen molar-refractivity contribution in [2.45, 2.75) is 55.7 Å². The number of hydrogen-bond donors (Lipinski definition) is 1. The third-order valence-corrected chi connectivity index (χ3v) is 8.67. The first-order valence-corrected chi connectivity index (χ1v) is 14.3. The molecular formula is C30H33F6N3O4. The second-order valence-corrected chi connectivity index (χ2v) is 11.5. The van der Waals surface area contributed by atoms with Gasteiger partial charge in [0.2, 0.25) is 0 Å². The third kappa shape index (κ3) is 6.93. The number of piperidine rings is 1. The molecule has 234 valence electrons. The molecule has 0 aliphatic carbocycles. The molecule has 2 aromatic carbocycles. The van der Waals surface area contributed by atoms with E-state index in [1.807, 2.05) is 30.3 Å². The maximum Gasteiger partial charge on any atom is 0.416 e. The van der Waals surface area contributed by atoms with Crippen molar-refractivity contribution in [2.75, 3.05) is 45.8 Å². The van der Waals surface area contributed by atoms with Crippen LogP contribution in [-0.4, -0.2) is 89.3 Å². The molecule has 3 heterocycles. The van der Waals surface area contributed by atoms with Crippen LogP contribution in [0.15, 0.2) is 48.5 Å². The Kier molecular flexibility index (Phi) is 8.68. The highest BCUT2D eigenvalue weighted by Crippen LogP contribution is 2.44. The Bertz CT molecular complexity index is 1280. The summed E-state index contributed by atoms with van der Waals surface area (Å²) in [6.07, 6.45) is -9.20. The maximum atomic E-state index is 13.4. The van der Waals surface area contributed by atoms with Gasteiger partial charge in [0.1, 0.15) is 5.60 Å². The monoisotopic (exact) mass is 613 g/mol. The first kappa shape index (κ1) is 31.1. The number of aliphatic hydroxyl groups is 1. The number of halogens is 6. The Morgan fingerprint density at radius 2 is 1.53 bits per heavy atom. The highest BCUT2D eigenvalue weighted by Gasteiger charge is 2.51. The molecule has 13 heteroatoms. The van der Waals surface area contributed by atoms with Gasteiger partial charge in [0.25, 0.3) is 5.91 Å². The highest BCUT2D eigenvalue weighted by molar-refractivity contribution is 5.94. The average molecular weight is 614 g/mol. The number of nitrogens with zero attached hydrogens (tertiary/aromatic N) is 3. The van der Waals surface area contributed by atoms with Gasteiger partial charge in [0.05, 0.1) is 17.2 Å². The van der Waals surface area contributed by atoms with Crippen LogP contribution in [0.25, 0.3) is 0 Å². The summed E-state index contributed by atoms with van der Waals surface area (Å²) in [5.41, 5.74) is -3.86. The molecular weight excluding hydrogens is 580 g/mol. The number of hydrogen-bond acceptors (Lipinski definition) is 5. The molecule has 0 radical (unpaired) electrons. The van der Waals surface area contributed by atoms with E-state index in [2.05, 4.69) is 4.90 Å². The zero-order valence-electron chi connectivity index (χ0n) is 23.3. The van der Waals surface area contributed by atoms with E-state index in [1.165, 1.54) is 4.90 Å². The Labute approximate surface area is 245 Å². The van der Waals surface area contributed by atoms with E-state index >= 15 is 0 Å².